The quantitative estimate of drug-likeness (QED) is 0.276. The Morgan fingerprint density at radius 1 is 0.947 bits per heavy atom. The summed E-state index contributed by atoms with van der Waals surface area (Å²) in [5.41, 5.74) is 12.6. The standard InChI is InChI=1S/C33H47N3O2/c1-8-28-22(6)31(23(7)29(9-2)32(28)30(10-3)38-12-5)33(26-18-34-35-19-26)36-20-25-16-14-13-15-24(25)17-27(36)21-37-11-4/h13-16,18-19,27,30,33H,8-12,17,20-21H2,1-7H3,(H,34,35). The predicted octanol–water partition coefficient (Wildman–Crippen LogP) is 7.19. The first-order chi connectivity index (χ1) is 18.5. The summed E-state index contributed by atoms with van der Waals surface area (Å²) in [6.45, 7) is 18.8. The van der Waals surface area contributed by atoms with Gasteiger partial charge in [0.15, 0.2) is 0 Å². The molecule has 3 atom stereocenters. The fourth-order valence-electron chi connectivity index (χ4n) is 6.76. The molecule has 2 aromatic carbocycles. The summed E-state index contributed by atoms with van der Waals surface area (Å²) in [7, 11) is 0. The maximum absolute atomic E-state index is 6.32. The lowest BCUT2D eigenvalue weighted by Gasteiger charge is -2.43. The summed E-state index contributed by atoms with van der Waals surface area (Å²) in [5, 5.41) is 7.54. The molecule has 1 N–H and O–H groups in total. The second-order valence-corrected chi connectivity index (χ2v) is 10.5. The van der Waals surface area contributed by atoms with Crippen molar-refractivity contribution in [2.24, 2.45) is 0 Å². The number of hydrogen-bond donors (Lipinski definition) is 1. The van der Waals surface area contributed by atoms with E-state index in [9.17, 15) is 0 Å². The van der Waals surface area contributed by atoms with Crippen molar-refractivity contribution in [3.63, 3.8) is 0 Å². The monoisotopic (exact) mass is 517 g/mol. The van der Waals surface area contributed by atoms with Gasteiger partial charge in [0.1, 0.15) is 0 Å². The minimum atomic E-state index is 0.0874. The first-order valence-electron chi connectivity index (χ1n) is 14.7. The lowest BCUT2D eigenvalue weighted by Crippen LogP contribution is -2.46. The van der Waals surface area contributed by atoms with Crippen LogP contribution in [0.3, 0.4) is 0 Å². The summed E-state index contributed by atoms with van der Waals surface area (Å²) in [4.78, 5) is 2.68. The molecule has 206 valence electrons. The van der Waals surface area contributed by atoms with E-state index in [2.05, 4.69) is 94.0 Å². The SMILES string of the molecule is CCOCC1Cc2ccccc2CN1C(c1cn[nH]c1)c1c(C)c(CC)c(C(CC)OCC)c(CC)c1C. The van der Waals surface area contributed by atoms with Crippen LogP contribution in [0.15, 0.2) is 36.7 Å². The van der Waals surface area contributed by atoms with Gasteiger partial charge in [-0.05, 0) is 97.9 Å². The number of benzene rings is 2. The molecule has 1 aliphatic heterocycles. The van der Waals surface area contributed by atoms with Gasteiger partial charge in [-0.25, -0.2) is 0 Å². The van der Waals surface area contributed by atoms with Crippen molar-refractivity contribution in [1.82, 2.24) is 15.1 Å². The molecule has 0 saturated carbocycles. The molecule has 1 aromatic heterocycles. The molecule has 5 nitrogen and oxygen atoms in total. The Morgan fingerprint density at radius 3 is 2.18 bits per heavy atom. The normalized spacial score (nSPS) is 17.4. The average molecular weight is 518 g/mol. The van der Waals surface area contributed by atoms with Crippen LogP contribution in [0.2, 0.25) is 0 Å². The van der Waals surface area contributed by atoms with Gasteiger partial charge in [0.05, 0.1) is 24.9 Å². The first kappa shape index (κ1) is 28.5. The molecule has 3 unspecified atom stereocenters. The number of fused-ring (bicyclic) bond motifs is 1. The number of nitrogens with zero attached hydrogens (tertiary/aromatic N) is 2. The molecule has 0 fully saturated rings. The second kappa shape index (κ2) is 13.1. The van der Waals surface area contributed by atoms with E-state index in [1.807, 2.05) is 6.20 Å². The van der Waals surface area contributed by atoms with E-state index in [4.69, 9.17) is 9.47 Å². The van der Waals surface area contributed by atoms with E-state index in [0.29, 0.717) is 0 Å². The Balaban J connectivity index is 1.95. The molecule has 1 aliphatic rings. The van der Waals surface area contributed by atoms with Gasteiger partial charge in [-0.15, -0.1) is 0 Å². The van der Waals surface area contributed by atoms with Gasteiger partial charge in [-0.1, -0.05) is 45.0 Å². The van der Waals surface area contributed by atoms with Gasteiger partial charge in [0, 0.05) is 37.6 Å². The average Bonchev–Trinajstić information content (AvgIpc) is 3.47. The number of rotatable bonds is 12. The fourth-order valence-corrected chi connectivity index (χ4v) is 6.76. The van der Waals surface area contributed by atoms with Crippen LogP contribution in [0.25, 0.3) is 0 Å². The molecule has 0 amide bonds. The topological polar surface area (TPSA) is 50.4 Å². The largest absolute Gasteiger partial charge is 0.380 e. The molecule has 0 spiro atoms. The molecular weight excluding hydrogens is 470 g/mol. The summed E-state index contributed by atoms with van der Waals surface area (Å²) in [6, 6.07) is 9.27. The molecule has 2 heterocycles. The fraction of sp³-hybridized carbons (Fsp3) is 0.545. The molecule has 0 saturated heterocycles. The minimum Gasteiger partial charge on any atom is -0.380 e. The maximum atomic E-state index is 6.32. The second-order valence-electron chi connectivity index (χ2n) is 10.5. The highest BCUT2D eigenvalue weighted by Gasteiger charge is 2.37. The van der Waals surface area contributed by atoms with Gasteiger partial charge in [0.2, 0.25) is 0 Å². The number of aromatic nitrogens is 2. The van der Waals surface area contributed by atoms with E-state index in [0.717, 1.165) is 52.0 Å². The number of aromatic amines is 1. The Kier molecular flexibility index (Phi) is 9.80. The molecular formula is C33H47N3O2. The van der Waals surface area contributed by atoms with Gasteiger partial charge in [-0.2, -0.15) is 5.10 Å². The third-order valence-electron chi connectivity index (χ3n) is 8.48. The number of ether oxygens (including phenoxy) is 2. The highest BCUT2D eigenvalue weighted by atomic mass is 16.5. The molecule has 4 rings (SSSR count). The lowest BCUT2D eigenvalue weighted by atomic mass is 9.78. The zero-order valence-electron chi connectivity index (χ0n) is 24.6. The maximum Gasteiger partial charge on any atom is 0.0827 e. The highest BCUT2D eigenvalue weighted by molar-refractivity contribution is 5.55. The number of hydrogen-bond acceptors (Lipinski definition) is 4. The van der Waals surface area contributed by atoms with Gasteiger partial charge < -0.3 is 9.47 Å². The van der Waals surface area contributed by atoms with Gasteiger partial charge in [-0.3, -0.25) is 10.00 Å². The van der Waals surface area contributed by atoms with E-state index in [-0.39, 0.29) is 18.2 Å². The van der Waals surface area contributed by atoms with Crippen LogP contribution < -0.4 is 0 Å². The highest BCUT2D eigenvalue weighted by Crippen LogP contribution is 2.43. The van der Waals surface area contributed by atoms with Crippen LogP contribution in [-0.2, 0) is 35.3 Å². The van der Waals surface area contributed by atoms with E-state index < -0.39 is 0 Å². The Bertz CT molecular complexity index is 1160. The predicted molar refractivity (Wildman–Crippen MR) is 156 cm³/mol. The van der Waals surface area contributed by atoms with Crippen molar-refractivity contribution < 1.29 is 9.47 Å². The van der Waals surface area contributed by atoms with E-state index >= 15 is 0 Å². The van der Waals surface area contributed by atoms with Crippen molar-refractivity contribution in [1.29, 1.82) is 0 Å². The molecule has 0 radical (unpaired) electrons. The van der Waals surface area contributed by atoms with Crippen molar-refractivity contribution in [3.8, 4) is 0 Å². The van der Waals surface area contributed by atoms with Crippen LogP contribution in [0, 0.1) is 13.8 Å². The first-order valence-corrected chi connectivity index (χ1v) is 14.7. The van der Waals surface area contributed by atoms with Gasteiger partial charge in [0.25, 0.3) is 0 Å². The third-order valence-corrected chi connectivity index (χ3v) is 8.48. The van der Waals surface area contributed by atoms with Crippen molar-refractivity contribution in [3.05, 3.63) is 86.7 Å². The molecule has 38 heavy (non-hydrogen) atoms. The molecule has 0 bridgehead atoms. The molecule has 0 aliphatic carbocycles. The summed E-state index contributed by atoms with van der Waals surface area (Å²) >= 11 is 0. The Labute approximate surface area is 229 Å². The van der Waals surface area contributed by atoms with Crippen molar-refractivity contribution >= 4 is 0 Å². The Morgan fingerprint density at radius 2 is 1.63 bits per heavy atom. The number of nitrogens with one attached hydrogen (secondary N) is 1. The van der Waals surface area contributed by atoms with Crippen molar-refractivity contribution in [2.45, 2.75) is 98.9 Å². The van der Waals surface area contributed by atoms with Crippen molar-refractivity contribution in [2.75, 3.05) is 19.8 Å². The van der Waals surface area contributed by atoms with E-state index in [1.54, 1.807) is 0 Å². The van der Waals surface area contributed by atoms with Crippen LogP contribution in [-0.4, -0.2) is 41.0 Å². The molecule has 3 aromatic rings. The zero-order chi connectivity index (χ0) is 27.2. The smallest absolute Gasteiger partial charge is 0.0827 e. The van der Waals surface area contributed by atoms with Crippen LogP contribution >= 0.6 is 0 Å². The van der Waals surface area contributed by atoms with Crippen LogP contribution in [0.4, 0.5) is 0 Å². The van der Waals surface area contributed by atoms with E-state index in [1.165, 1.54) is 50.1 Å². The lowest BCUT2D eigenvalue weighted by molar-refractivity contribution is 0.0389. The summed E-state index contributed by atoms with van der Waals surface area (Å²) < 4.78 is 12.4. The summed E-state index contributed by atoms with van der Waals surface area (Å²) in [6.07, 6.45) is 8.20. The number of H-pyrrole nitrogens is 1. The van der Waals surface area contributed by atoms with Crippen LogP contribution in [0.1, 0.15) is 103 Å². The molecule has 5 heteroatoms. The zero-order valence-corrected chi connectivity index (χ0v) is 24.6. The third kappa shape index (κ3) is 5.47. The van der Waals surface area contributed by atoms with Gasteiger partial charge >= 0.3 is 0 Å². The Hall–Kier alpha value is -2.47. The summed E-state index contributed by atoms with van der Waals surface area (Å²) in [5.74, 6) is 0. The minimum absolute atomic E-state index is 0.0874. The van der Waals surface area contributed by atoms with Crippen LogP contribution in [0.5, 0.6) is 0 Å².